The number of phenolic OH excluding ortho intramolecular Hbond substituents is 1. The van der Waals surface area contributed by atoms with E-state index in [0.29, 0.717) is 13.0 Å². The van der Waals surface area contributed by atoms with Crippen LogP contribution < -0.4 is 0 Å². The van der Waals surface area contributed by atoms with Gasteiger partial charge in [0.05, 0.1) is 12.0 Å². The number of esters is 1. The van der Waals surface area contributed by atoms with Crippen LogP contribution in [0.3, 0.4) is 0 Å². The number of rotatable bonds is 7. The van der Waals surface area contributed by atoms with Crippen molar-refractivity contribution in [2.24, 2.45) is 0 Å². The van der Waals surface area contributed by atoms with Crippen molar-refractivity contribution in [3.63, 3.8) is 0 Å². The second kappa shape index (κ2) is 7.82. The molecular formula is C20H24O3. The monoisotopic (exact) mass is 312 g/mol. The van der Waals surface area contributed by atoms with Crippen LogP contribution >= 0.6 is 0 Å². The highest BCUT2D eigenvalue weighted by Gasteiger charge is 2.36. The summed E-state index contributed by atoms with van der Waals surface area (Å²) in [5.41, 5.74) is 1.45. The van der Waals surface area contributed by atoms with E-state index in [1.165, 1.54) is 5.56 Å². The SMILES string of the molecule is CCOC(=O)C(C)(CCCc1ccccc1)c1ccc(O)cc1. The van der Waals surface area contributed by atoms with Crippen molar-refractivity contribution < 1.29 is 14.6 Å². The van der Waals surface area contributed by atoms with Crippen molar-refractivity contribution in [3.8, 4) is 5.75 Å². The highest BCUT2D eigenvalue weighted by Crippen LogP contribution is 2.32. The summed E-state index contributed by atoms with van der Waals surface area (Å²) in [6, 6.07) is 17.1. The number of carbonyl (C=O) groups is 1. The van der Waals surface area contributed by atoms with Crippen LogP contribution in [-0.2, 0) is 21.4 Å². The second-order valence-electron chi connectivity index (χ2n) is 5.94. The van der Waals surface area contributed by atoms with Gasteiger partial charge in [-0.05, 0) is 56.4 Å². The molecule has 23 heavy (non-hydrogen) atoms. The Hall–Kier alpha value is -2.29. The molecule has 122 valence electrons. The van der Waals surface area contributed by atoms with E-state index in [0.717, 1.165) is 18.4 Å². The molecule has 0 saturated carbocycles. The number of hydrogen-bond donors (Lipinski definition) is 1. The third kappa shape index (κ3) is 4.35. The van der Waals surface area contributed by atoms with E-state index < -0.39 is 5.41 Å². The van der Waals surface area contributed by atoms with E-state index in [4.69, 9.17) is 4.74 Å². The zero-order valence-corrected chi connectivity index (χ0v) is 13.8. The van der Waals surface area contributed by atoms with Crippen LogP contribution in [0.25, 0.3) is 0 Å². The summed E-state index contributed by atoms with van der Waals surface area (Å²) in [6.07, 6.45) is 2.51. The maximum atomic E-state index is 12.5. The maximum Gasteiger partial charge on any atom is 0.316 e. The molecule has 0 aromatic heterocycles. The molecule has 2 aromatic carbocycles. The van der Waals surface area contributed by atoms with Crippen LogP contribution in [-0.4, -0.2) is 17.7 Å². The molecule has 1 N–H and O–H groups in total. The molecule has 0 saturated heterocycles. The summed E-state index contributed by atoms with van der Waals surface area (Å²) < 4.78 is 5.29. The van der Waals surface area contributed by atoms with Crippen LogP contribution in [0.5, 0.6) is 5.75 Å². The highest BCUT2D eigenvalue weighted by atomic mass is 16.5. The molecular weight excluding hydrogens is 288 g/mol. The van der Waals surface area contributed by atoms with E-state index >= 15 is 0 Å². The summed E-state index contributed by atoms with van der Waals surface area (Å²) in [4.78, 5) is 12.5. The molecule has 0 fully saturated rings. The summed E-state index contributed by atoms with van der Waals surface area (Å²) >= 11 is 0. The molecule has 0 radical (unpaired) electrons. The van der Waals surface area contributed by atoms with Crippen LogP contribution in [0.15, 0.2) is 54.6 Å². The molecule has 0 amide bonds. The fraction of sp³-hybridized carbons (Fsp3) is 0.350. The lowest BCUT2D eigenvalue weighted by molar-refractivity contribution is -0.149. The van der Waals surface area contributed by atoms with Crippen molar-refractivity contribution in [1.82, 2.24) is 0 Å². The predicted octanol–water partition coefficient (Wildman–Crippen LogP) is 4.24. The summed E-state index contributed by atoms with van der Waals surface area (Å²) in [5, 5.41) is 9.47. The lowest BCUT2D eigenvalue weighted by atomic mass is 9.78. The normalized spacial score (nSPS) is 13.3. The molecule has 0 spiro atoms. The first-order valence-electron chi connectivity index (χ1n) is 8.07. The lowest BCUT2D eigenvalue weighted by Gasteiger charge is -2.28. The topological polar surface area (TPSA) is 46.5 Å². The number of aryl methyl sites for hydroxylation is 1. The van der Waals surface area contributed by atoms with Gasteiger partial charge in [-0.2, -0.15) is 0 Å². The number of ether oxygens (including phenoxy) is 1. The molecule has 3 heteroatoms. The van der Waals surface area contributed by atoms with Gasteiger partial charge in [-0.15, -0.1) is 0 Å². The maximum absolute atomic E-state index is 12.5. The molecule has 1 atom stereocenters. The largest absolute Gasteiger partial charge is 0.508 e. The van der Waals surface area contributed by atoms with Gasteiger partial charge in [0.15, 0.2) is 0 Å². The summed E-state index contributed by atoms with van der Waals surface area (Å²) in [5.74, 6) is -0.0111. The first-order chi connectivity index (χ1) is 11.1. The lowest BCUT2D eigenvalue weighted by Crippen LogP contribution is -2.34. The van der Waals surface area contributed by atoms with E-state index in [1.807, 2.05) is 32.0 Å². The first-order valence-corrected chi connectivity index (χ1v) is 8.07. The third-order valence-electron chi connectivity index (χ3n) is 4.22. The third-order valence-corrected chi connectivity index (χ3v) is 4.22. The predicted molar refractivity (Wildman–Crippen MR) is 91.5 cm³/mol. The summed E-state index contributed by atoms with van der Waals surface area (Å²) in [6.45, 7) is 4.10. The number of aromatic hydroxyl groups is 1. The van der Waals surface area contributed by atoms with Crippen molar-refractivity contribution in [2.45, 2.75) is 38.5 Å². The van der Waals surface area contributed by atoms with Gasteiger partial charge in [0.1, 0.15) is 5.75 Å². The minimum absolute atomic E-state index is 0.198. The Balaban J connectivity index is 2.13. The fourth-order valence-corrected chi connectivity index (χ4v) is 2.77. The fourth-order valence-electron chi connectivity index (χ4n) is 2.77. The van der Waals surface area contributed by atoms with E-state index in [1.54, 1.807) is 24.3 Å². The number of hydrogen-bond acceptors (Lipinski definition) is 3. The van der Waals surface area contributed by atoms with Crippen LogP contribution in [0, 0.1) is 0 Å². The Kier molecular flexibility index (Phi) is 5.80. The molecule has 3 nitrogen and oxygen atoms in total. The van der Waals surface area contributed by atoms with Crippen molar-refractivity contribution in [1.29, 1.82) is 0 Å². The second-order valence-corrected chi connectivity index (χ2v) is 5.94. The molecule has 0 heterocycles. The number of benzene rings is 2. The molecule has 0 aliphatic carbocycles. The van der Waals surface area contributed by atoms with Gasteiger partial charge in [-0.25, -0.2) is 0 Å². The van der Waals surface area contributed by atoms with Gasteiger partial charge >= 0.3 is 5.97 Å². The van der Waals surface area contributed by atoms with E-state index in [2.05, 4.69) is 12.1 Å². The molecule has 2 rings (SSSR count). The Labute approximate surface area is 137 Å². The highest BCUT2D eigenvalue weighted by molar-refractivity contribution is 5.82. The molecule has 0 bridgehead atoms. The standard InChI is InChI=1S/C20H24O3/c1-3-23-19(22)20(2,17-11-13-18(21)14-12-17)15-7-10-16-8-5-4-6-9-16/h4-6,8-9,11-14,21H,3,7,10,15H2,1-2H3. The van der Waals surface area contributed by atoms with Gasteiger partial charge in [0.2, 0.25) is 0 Å². The average molecular weight is 312 g/mol. The smallest absolute Gasteiger partial charge is 0.316 e. The van der Waals surface area contributed by atoms with Gasteiger partial charge in [0.25, 0.3) is 0 Å². The zero-order chi connectivity index (χ0) is 16.7. The van der Waals surface area contributed by atoms with Crippen molar-refractivity contribution in [3.05, 3.63) is 65.7 Å². The van der Waals surface area contributed by atoms with E-state index in [9.17, 15) is 9.90 Å². The Morgan fingerprint density at radius 1 is 1.09 bits per heavy atom. The Bertz CT molecular complexity index is 619. The Morgan fingerprint density at radius 3 is 2.35 bits per heavy atom. The van der Waals surface area contributed by atoms with Gasteiger partial charge in [-0.3, -0.25) is 4.79 Å². The zero-order valence-electron chi connectivity index (χ0n) is 13.8. The average Bonchev–Trinajstić information content (AvgIpc) is 2.56. The van der Waals surface area contributed by atoms with Crippen LogP contribution in [0.1, 0.15) is 37.8 Å². The van der Waals surface area contributed by atoms with Crippen molar-refractivity contribution >= 4 is 5.97 Å². The molecule has 1 unspecified atom stereocenters. The molecule has 0 aliphatic rings. The Morgan fingerprint density at radius 2 is 1.74 bits per heavy atom. The van der Waals surface area contributed by atoms with Crippen LogP contribution in [0.2, 0.25) is 0 Å². The molecule has 2 aromatic rings. The quantitative estimate of drug-likeness (QED) is 0.778. The van der Waals surface area contributed by atoms with E-state index in [-0.39, 0.29) is 11.7 Å². The molecule has 0 aliphatic heterocycles. The first kappa shape index (κ1) is 17.1. The van der Waals surface area contributed by atoms with Crippen molar-refractivity contribution in [2.75, 3.05) is 6.61 Å². The van der Waals surface area contributed by atoms with Gasteiger partial charge in [-0.1, -0.05) is 42.5 Å². The minimum Gasteiger partial charge on any atom is -0.508 e. The van der Waals surface area contributed by atoms with Gasteiger partial charge < -0.3 is 9.84 Å². The number of carbonyl (C=O) groups excluding carboxylic acids is 1. The van der Waals surface area contributed by atoms with Crippen LogP contribution in [0.4, 0.5) is 0 Å². The number of phenols is 1. The minimum atomic E-state index is -0.696. The van der Waals surface area contributed by atoms with Gasteiger partial charge in [0, 0.05) is 0 Å². The summed E-state index contributed by atoms with van der Waals surface area (Å²) in [7, 11) is 0.